The molecule has 1 saturated carbocycles. The Labute approximate surface area is 159 Å². The van der Waals surface area contributed by atoms with Gasteiger partial charge in [0.25, 0.3) is 5.95 Å². The van der Waals surface area contributed by atoms with Crippen LogP contribution in [0, 0.1) is 12.7 Å². The van der Waals surface area contributed by atoms with E-state index >= 15 is 4.39 Å². The maximum Gasteiger partial charge on any atom is 0.356 e. The van der Waals surface area contributed by atoms with Gasteiger partial charge in [-0.1, -0.05) is 12.1 Å². The normalized spacial score (nSPS) is 13.8. The number of benzene rings is 1. The zero-order chi connectivity index (χ0) is 19.3. The van der Waals surface area contributed by atoms with Crippen molar-refractivity contribution in [3.05, 3.63) is 70.9 Å². The van der Waals surface area contributed by atoms with Gasteiger partial charge >= 0.3 is 5.69 Å². The summed E-state index contributed by atoms with van der Waals surface area (Å²) >= 11 is 0. The molecule has 1 aromatic carbocycles. The predicted octanol–water partition coefficient (Wildman–Crippen LogP) is 2.93. The molecule has 3 aromatic heterocycles. The lowest BCUT2D eigenvalue weighted by Gasteiger charge is -2.09. The summed E-state index contributed by atoms with van der Waals surface area (Å²) in [6.07, 6.45) is 6.61. The van der Waals surface area contributed by atoms with Crippen molar-refractivity contribution in [2.45, 2.75) is 25.9 Å². The molecule has 0 atom stereocenters. The minimum absolute atomic E-state index is 0.0984. The Morgan fingerprint density at radius 2 is 1.93 bits per heavy atom. The van der Waals surface area contributed by atoms with Crippen molar-refractivity contribution in [1.29, 1.82) is 0 Å². The molecule has 7 nitrogen and oxygen atoms in total. The van der Waals surface area contributed by atoms with Crippen LogP contribution in [0.3, 0.4) is 0 Å². The van der Waals surface area contributed by atoms with E-state index in [0.717, 1.165) is 17.5 Å². The molecule has 28 heavy (non-hydrogen) atoms. The van der Waals surface area contributed by atoms with Crippen molar-refractivity contribution in [3.63, 3.8) is 0 Å². The first kappa shape index (κ1) is 16.6. The van der Waals surface area contributed by atoms with E-state index in [1.807, 2.05) is 0 Å². The van der Waals surface area contributed by atoms with Crippen molar-refractivity contribution in [2.75, 3.05) is 0 Å². The summed E-state index contributed by atoms with van der Waals surface area (Å²) < 4.78 is 23.3. The van der Waals surface area contributed by atoms with Crippen LogP contribution in [0.2, 0.25) is 0 Å². The maximum absolute atomic E-state index is 15.0. The highest BCUT2D eigenvalue weighted by Gasteiger charge is 2.26. The van der Waals surface area contributed by atoms with Crippen LogP contribution in [-0.2, 0) is 0 Å². The Bertz CT molecular complexity index is 1240. The molecule has 1 aliphatic carbocycles. The van der Waals surface area contributed by atoms with Gasteiger partial charge in [0.2, 0.25) is 0 Å². The summed E-state index contributed by atoms with van der Waals surface area (Å²) in [6.45, 7) is 1.77. The molecule has 0 radical (unpaired) electrons. The molecule has 5 rings (SSSR count). The number of ether oxygens (including phenoxy) is 1. The third kappa shape index (κ3) is 2.65. The van der Waals surface area contributed by atoms with Crippen LogP contribution in [0.25, 0.3) is 22.6 Å². The van der Waals surface area contributed by atoms with Crippen LogP contribution < -0.4 is 10.4 Å². The number of hydrogen-bond donors (Lipinski definition) is 0. The molecule has 0 amide bonds. The molecule has 3 heterocycles. The molecule has 0 aliphatic heterocycles. The van der Waals surface area contributed by atoms with Gasteiger partial charge < -0.3 is 4.74 Å². The van der Waals surface area contributed by atoms with Crippen LogP contribution in [0.15, 0.2) is 53.7 Å². The quantitative estimate of drug-likeness (QED) is 0.547. The summed E-state index contributed by atoms with van der Waals surface area (Å²) in [7, 11) is 0. The molecule has 4 aromatic rings. The van der Waals surface area contributed by atoms with E-state index in [1.54, 1.807) is 37.3 Å². The van der Waals surface area contributed by atoms with Crippen molar-refractivity contribution in [1.82, 2.24) is 24.1 Å². The van der Waals surface area contributed by atoms with Crippen molar-refractivity contribution in [3.8, 4) is 22.8 Å². The maximum atomic E-state index is 15.0. The van der Waals surface area contributed by atoms with Gasteiger partial charge in [-0.3, -0.25) is 4.40 Å². The molecule has 1 fully saturated rings. The number of fused-ring (bicyclic) bond motifs is 1. The van der Waals surface area contributed by atoms with Crippen molar-refractivity contribution in [2.24, 2.45) is 0 Å². The van der Waals surface area contributed by atoms with Crippen LogP contribution in [-0.4, -0.2) is 30.3 Å². The largest absolute Gasteiger partial charge is 0.487 e. The number of aryl methyl sites for hydroxylation is 1. The van der Waals surface area contributed by atoms with Gasteiger partial charge in [-0.15, -0.1) is 4.68 Å². The molecule has 8 heteroatoms. The molecule has 0 N–H and O–H groups in total. The summed E-state index contributed by atoms with van der Waals surface area (Å²) in [6, 6.07) is 8.48. The van der Waals surface area contributed by atoms with Gasteiger partial charge in [0.05, 0.1) is 17.8 Å². The van der Waals surface area contributed by atoms with Gasteiger partial charge in [0.15, 0.2) is 11.6 Å². The van der Waals surface area contributed by atoms with Crippen molar-refractivity contribution < 1.29 is 9.13 Å². The van der Waals surface area contributed by atoms with E-state index in [1.165, 1.54) is 23.0 Å². The van der Waals surface area contributed by atoms with Crippen molar-refractivity contribution >= 4 is 5.52 Å². The third-order valence-corrected chi connectivity index (χ3v) is 4.77. The van der Waals surface area contributed by atoms with Gasteiger partial charge in [-0.05, 0) is 38.0 Å². The Kier molecular flexibility index (Phi) is 3.71. The lowest BCUT2D eigenvalue weighted by Crippen LogP contribution is -2.29. The second kappa shape index (κ2) is 6.26. The smallest absolute Gasteiger partial charge is 0.356 e. The van der Waals surface area contributed by atoms with Crippen LogP contribution in [0.4, 0.5) is 4.39 Å². The molecular formula is C20H16FN5O2. The van der Waals surface area contributed by atoms with E-state index in [9.17, 15) is 4.79 Å². The fraction of sp³-hybridized carbons (Fsp3) is 0.200. The average Bonchev–Trinajstić information content (AvgIpc) is 3.46. The summed E-state index contributed by atoms with van der Waals surface area (Å²) in [5.74, 6) is -0.00831. The standard InChI is InChI=1S/C20H16FN5O2/c1-12-16(15-4-2-5-17(18(15)21)28-14-6-7-14)10-13-11-24-26(20(27)25(12)13)19-22-8-3-9-23-19/h2-5,8-11,14H,6-7H2,1H3. The second-order valence-corrected chi connectivity index (χ2v) is 6.73. The van der Waals surface area contributed by atoms with E-state index in [2.05, 4.69) is 15.1 Å². The van der Waals surface area contributed by atoms with E-state index < -0.39 is 11.5 Å². The Morgan fingerprint density at radius 3 is 2.68 bits per heavy atom. The zero-order valence-corrected chi connectivity index (χ0v) is 15.0. The Balaban J connectivity index is 1.67. The molecule has 1 aliphatic rings. The Hall–Kier alpha value is -3.55. The number of rotatable bonds is 4. The highest BCUT2D eigenvalue weighted by Crippen LogP contribution is 2.35. The Morgan fingerprint density at radius 1 is 1.14 bits per heavy atom. The number of nitrogens with zero attached hydrogens (tertiary/aromatic N) is 5. The summed E-state index contributed by atoms with van der Waals surface area (Å²) in [5.41, 5.74) is 1.76. The molecule has 0 unspecified atom stereocenters. The monoisotopic (exact) mass is 377 g/mol. The first-order valence-electron chi connectivity index (χ1n) is 8.97. The van der Waals surface area contributed by atoms with Gasteiger partial charge in [0.1, 0.15) is 0 Å². The van der Waals surface area contributed by atoms with E-state index in [4.69, 9.17) is 4.74 Å². The number of hydrogen-bond acceptors (Lipinski definition) is 5. The van der Waals surface area contributed by atoms with E-state index in [-0.39, 0.29) is 17.8 Å². The number of halogens is 1. The predicted molar refractivity (Wildman–Crippen MR) is 100 cm³/mol. The molecule has 140 valence electrons. The lowest BCUT2D eigenvalue weighted by molar-refractivity contribution is 0.288. The molecule has 0 bridgehead atoms. The zero-order valence-electron chi connectivity index (χ0n) is 15.0. The summed E-state index contributed by atoms with van der Waals surface area (Å²) in [5, 5.41) is 4.15. The van der Waals surface area contributed by atoms with Crippen LogP contribution >= 0.6 is 0 Å². The minimum Gasteiger partial charge on any atom is -0.487 e. The second-order valence-electron chi connectivity index (χ2n) is 6.73. The van der Waals surface area contributed by atoms with Crippen LogP contribution in [0.5, 0.6) is 5.75 Å². The lowest BCUT2D eigenvalue weighted by atomic mass is 10.1. The van der Waals surface area contributed by atoms with Gasteiger partial charge in [0, 0.05) is 29.2 Å². The topological polar surface area (TPSA) is 74.3 Å². The van der Waals surface area contributed by atoms with Gasteiger partial charge in [-0.2, -0.15) is 5.10 Å². The fourth-order valence-electron chi connectivity index (χ4n) is 3.23. The first-order chi connectivity index (χ1) is 13.6. The summed E-state index contributed by atoms with van der Waals surface area (Å²) in [4.78, 5) is 21.1. The first-order valence-corrected chi connectivity index (χ1v) is 8.97. The van der Waals surface area contributed by atoms with E-state index in [0.29, 0.717) is 22.3 Å². The SMILES string of the molecule is Cc1c(-c2cccc(OC3CC3)c2F)cc2cnn(-c3ncccn3)c(=O)n12. The average molecular weight is 377 g/mol. The van der Waals surface area contributed by atoms with Gasteiger partial charge in [-0.25, -0.2) is 19.2 Å². The minimum atomic E-state index is -0.423. The third-order valence-electron chi connectivity index (χ3n) is 4.77. The molecular weight excluding hydrogens is 361 g/mol. The highest BCUT2D eigenvalue weighted by atomic mass is 19.1. The molecule has 0 saturated heterocycles. The number of aromatic nitrogens is 5. The molecule has 0 spiro atoms. The fourth-order valence-corrected chi connectivity index (χ4v) is 3.23. The highest BCUT2D eigenvalue weighted by molar-refractivity contribution is 5.74. The van der Waals surface area contributed by atoms with Crippen LogP contribution in [0.1, 0.15) is 18.5 Å².